The van der Waals surface area contributed by atoms with E-state index in [4.69, 9.17) is 18.9 Å². The molecule has 2 aromatic heterocycles. The number of anilines is 6. The number of thiophene rings is 2. The van der Waals surface area contributed by atoms with Gasteiger partial charge in [0.05, 0.1) is 49.2 Å². The summed E-state index contributed by atoms with van der Waals surface area (Å²) in [4.78, 5) is 5.01. The highest BCUT2D eigenvalue weighted by Crippen LogP contribution is 2.52. The molecule has 7 aromatic rings. The molecule has 0 fully saturated rings. The molecule has 0 aliphatic carbocycles. The monoisotopic (exact) mass is 788 g/mol. The molecule has 0 bridgehead atoms. The second-order valence-corrected chi connectivity index (χ2v) is 19.9. The molecule has 6 heterocycles. The Kier molecular flexibility index (Phi) is 7.81. The number of rotatable bonds is 2. The Hall–Kier alpha value is -5.12. The SMILES string of the molecule is CC(C)(C)c1ccc2sc3c(c2c1)N(c1ccc2c(c1)OCCCO2)c1cccc2c1B3c1sc3ccc(C(C)(C)C)cc3c1N2c1ccc2c(c1)OCCCO2. The van der Waals surface area contributed by atoms with Crippen LogP contribution in [0.2, 0.25) is 0 Å². The van der Waals surface area contributed by atoms with E-state index >= 15 is 0 Å². The van der Waals surface area contributed by atoms with Crippen LogP contribution in [-0.4, -0.2) is 33.1 Å². The molecule has 0 saturated heterocycles. The van der Waals surface area contributed by atoms with Crippen molar-refractivity contribution in [2.24, 2.45) is 0 Å². The van der Waals surface area contributed by atoms with Gasteiger partial charge in [0.25, 0.3) is 6.71 Å². The van der Waals surface area contributed by atoms with E-state index < -0.39 is 0 Å². The van der Waals surface area contributed by atoms with E-state index in [-0.39, 0.29) is 17.5 Å². The molecule has 286 valence electrons. The van der Waals surface area contributed by atoms with E-state index in [1.165, 1.54) is 69.1 Å². The first kappa shape index (κ1) is 35.1. The summed E-state index contributed by atoms with van der Waals surface area (Å²) < 4.78 is 30.3. The quantitative estimate of drug-likeness (QED) is 0.163. The van der Waals surface area contributed by atoms with Crippen molar-refractivity contribution in [2.75, 3.05) is 36.2 Å². The molecule has 57 heavy (non-hydrogen) atoms. The Morgan fingerprint density at radius 3 is 1.39 bits per heavy atom. The lowest BCUT2D eigenvalue weighted by Gasteiger charge is -2.42. The minimum absolute atomic E-state index is 0.000224. The fourth-order valence-electron chi connectivity index (χ4n) is 8.96. The van der Waals surface area contributed by atoms with Crippen molar-refractivity contribution in [3.05, 3.63) is 102 Å². The lowest BCUT2D eigenvalue weighted by atomic mass is 9.39. The molecule has 0 radical (unpaired) electrons. The van der Waals surface area contributed by atoms with Crippen LogP contribution in [0.5, 0.6) is 23.0 Å². The molecule has 0 N–H and O–H groups in total. The lowest BCUT2D eigenvalue weighted by molar-refractivity contribution is 0.296. The number of benzene rings is 5. The van der Waals surface area contributed by atoms with Crippen LogP contribution < -0.4 is 43.8 Å². The third-order valence-corrected chi connectivity index (χ3v) is 14.3. The van der Waals surface area contributed by atoms with Crippen LogP contribution in [-0.2, 0) is 10.8 Å². The lowest BCUT2D eigenvalue weighted by Crippen LogP contribution is -2.59. The van der Waals surface area contributed by atoms with Crippen LogP contribution in [0.25, 0.3) is 20.2 Å². The van der Waals surface area contributed by atoms with Crippen LogP contribution in [0.3, 0.4) is 0 Å². The maximum atomic E-state index is 6.33. The van der Waals surface area contributed by atoms with Crippen molar-refractivity contribution >= 4 is 98.7 Å². The van der Waals surface area contributed by atoms with Crippen molar-refractivity contribution in [3.63, 3.8) is 0 Å². The predicted octanol–water partition coefficient (Wildman–Crippen LogP) is 11.1. The molecule has 9 heteroatoms. The Labute approximate surface area is 342 Å². The Morgan fingerprint density at radius 2 is 0.947 bits per heavy atom. The van der Waals surface area contributed by atoms with Crippen LogP contribution in [0.15, 0.2) is 91.0 Å². The molecule has 0 saturated carbocycles. The summed E-state index contributed by atoms with van der Waals surface area (Å²) in [5.41, 5.74) is 11.0. The largest absolute Gasteiger partial charge is 0.490 e. The van der Waals surface area contributed by atoms with E-state index in [1.807, 2.05) is 22.7 Å². The van der Waals surface area contributed by atoms with Crippen LogP contribution >= 0.6 is 22.7 Å². The number of hydrogen-bond donors (Lipinski definition) is 0. The summed E-state index contributed by atoms with van der Waals surface area (Å²) in [5.74, 6) is 3.20. The Bertz CT molecular complexity index is 2590. The van der Waals surface area contributed by atoms with E-state index in [0.29, 0.717) is 26.4 Å². The molecule has 0 unspecified atom stereocenters. The summed E-state index contributed by atoms with van der Waals surface area (Å²) in [6, 6.07) is 34.1. The molecule has 4 aliphatic rings. The Balaban J connectivity index is 1.23. The molecule has 0 amide bonds. The van der Waals surface area contributed by atoms with Crippen LogP contribution in [0, 0.1) is 0 Å². The average molecular weight is 789 g/mol. The number of fused-ring (bicyclic) bond motifs is 10. The van der Waals surface area contributed by atoms with Gasteiger partial charge in [-0.05, 0) is 88.1 Å². The zero-order valence-electron chi connectivity index (χ0n) is 33.3. The van der Waals surface area contributed by atoms with Crippen molar-refractivity contribution < 1.29 is 18.9 Å². The van der Waals surface area contributed by atoms with E-state index in [2.05, 4.69) is 142 Å². The summed E-state index contributed by atoms with van der Waals surface area (Å²) in [7, 11) is 0. The van der Waals surface area contributed by atoms with Gasteiger partial charge in [0.15, 0.2) is 23.0 Å². The van der Waals surface area contributed by atoms with Crippen molar-refractivity contribution in [3.8, 4) is 23.0 Å². The molecular formula is C48H45BN2O4S2. The smallest absolute Gasteiger partial charge is 0.277 e. The fraction of sp³-hybridized carbons (Fsp3) is 0.292. The maximum absolute atomic E-state index is 6.33. The van der Waals surface area contributed by atoms with Gasteiger partial charge in [-0.1, -0.05) is 59.7 Å². The van der Waals surface area contributed by atoms with Gasteiger partial charge in [-0.2, -0.15) is 0 Å². The fourth-order valence-corrected chi connectivity index (χ4v) is 11.6. The molecule has 5 aromatic carbocycles. The highest BCUT2D eigenvalue weighted by molar-refractivity contribution is 7.40. The maximum Gasteiger partial charge on any atom is 0.277 e. The van der Waals surface area contributed by atoms with Crippen molar-refractivity contribution in [1.29, 1.82) is 0 Å². The first-order valence-electron chi connectivity index (χ1n) is 20.2. The van der Waals surface area contributed by atoms with Gasteiger partial charge in [0, 0.05) is 66.1 Å². The highest BCUT2D eigenvalue weighted by Gasteiger charge is 2.47. The van der Waals surface area contributed by atoms with E-state index in [9.17, 15) is 0 Å². The number of ether oxygens (including phenoxy) is 4. The standard InChI is InChI=1S/C48H45BN2O4S2/c1-47(2,3)28-12-18-40-32(24-28)43-45(56-40)49-42-34(50(43)30-14-16-36-38(26-30)54-22-8-20-52-36)10-7-11-35(42)51(31-15-17-37-39(27-31)55-23-9-21-53-37)44-33-25-29(48(4,5)6)13-19-41(33)57-46(44)49/h7,10-19,24-27H,8-9,20-23H2,1-6H3. The molecule has 0 atom stereocenters. The minimum atomic E-state index is 0.000224. The summed E-state index contributed by atoms with van der Waals surface area (Å²) in [5, 5.41) is 2.57. The Morgan fingerprint density at radius 1 is 0.509 bits per heavy atom. The zero-order chi connectivity index (χ0) is 38.8. The van der Waals surface area contributed by atoms with Gasteiger partial charge in [0.2, 0.25) is 0 Å². The first-order chi connectivity index (χ1) is 27.5. The molecule has 4 aliphatic heterocycles. The van der Waals surface area contributed by atoms with Crippen molar-refractivity contribution in [2.45, 2.75) is 65.2 Å². The molecular weight excluding hydrogens is 743 g/mol. The molecule has 6 nitrogen and oxygen atoms in total. The predicted molar refractivity (Wildman–Crippen MR) is 240 cm³/mol. The van der Waals surface area contributed by atoms with Gasteiger partial charge in [0.1, 0.15) is 0 Å². The normalized spacial score (nSPS) is 15.9. The molecule has 0 spiro atoms. The average Bonchev–Trinajstić information content (AvgIpc) is 3.53. The van der Waals surface area contributed by atoms with Gasteiger partial charge in [-0.15, -0.1) is 22.7 Å². The topological polar surface area (TPSA) is 43.4 Å². The first-order valence-corrected chi connectivity index (χ1v) is 21.8. The minimum Gasteiger partial charge on any atom is -0.490 e. The van der Waals surface area contributed by atoms with E-state index in [1.54, 1.807) is 0 Å². The molecule has 11 rings (SSSR count). The van der Waals surface area contributed by atoms with Gasteiger partial charge < -0.3 is 28.7 Å². The number of hydrogen-bond acceptors (Lipinski definition) is 8. The van der Waals surface area contributed by atoms with E-state index in [0.717, 1.165) is 47.2 Å². The summed E-state index contributed by atoms with van der Waals surface area (Å²) in [6.45, 7) is 16.5. The van der Waals surface area contributed by atoms with Crippen LogP contribution in [0.1, 0.15) is 65.5 Å². The van der Waals surface area contributed by atoms with Gasteiger partial charge in [-0.25, -0.2) is 0 Å². The highest BCUT2D eigenvalue weighted by atomic mass is 32.1. The zero-order valence-corrected chi connectivity index (χ0v) is 35.0. The van der Waals surface area contributed by atoms with Gasteiger partial charge >= 0.3 is 0 Å². The third-order valence-electron chi connectivity index (χ3n) is 11.9. The second-order valence-electron chi connectivity index (χ2n) is 17.7. The summed E-state index contributed by atoms with van der Waals surface area (Å²) >= 11 is 3.88. The van der Waals surface area contributed by atoms with Gasteiger partial charge in [-0.3, -0.25) is 0 Å². The third kappa shape index (κ3) is 5.49. The number of nitrogens with zero attached hydrogens (tertiary/aromatic N) is 2. The second kappa shape index (κ2) is 12.7. The van der Waals surface area contributed by atoms with Crippen molar-refractivity contribution in [1.82, 2.24) is 0 Å². The van der Waals surface area contributed by atoms with Crippen LogP contribution in [0.4, 0.5) is 34.1 Å². The summed E-state index contributed by atoms with van der Waals surface area (Å²) in [6.07, 6.45) is 1.72.